The molecule has 1 saturated heterocycles. The molecule has 25 heavy (non-hydrogen) atoms. The normalized spacial score (nSPS) is 18.7. The molecule has 0 amide bonds. The molecule has 0 radical (unpaired) electrons. The van der Waals surface area contributed by atoms with E-state index in [9.17, 15) is 9.90 Å². The highest BCUT2D eigenvalue weighted by Crippen LogP contribution is 2.35. The number of likely N-dealkylation sites (tertiary alicyclic amines) is 1. The Kier molecular flexibility index (Phi) is 7.17. The molecule has 1 aromatic rings. The Morgan fingerprint density at radius 1 is 1.40 bits per heavy atom. The summed E-state index contributed by atoms with van der Waals surface area (Å²) in [5.74, 6) is 0.00197. The van der Waals surface area contributed by atoms with Crippen LogP contribution in [0.5, 0.6) is 0 Å². The van der Waals surface area contributed by atoms with E-state index < -0.39 is 11.4 Å². The van der Waals surface area contributed by atoms with Crippen LogP contribution in [0.1, 0.15) is 58.6 Å². The van der Waals surface area contributed by atoms with Gasteiger partial charge >= 0.3 is 5.97 Å². The molecule has 2 heterocycles. The van der Waals surface area contributed by atoms with Crippen molar-refractivity contribution in [2.24, 2.45) is 11.3 Å². The fourth-order valence-corrected chi connectivity index (χ4v) is 3.53. The second-order valence-corrected chi connectivity index (χ2v) is 7.82. The molecule has 6 nitrogen and oxygen atoms in total. The van der Waals surface area contributed by atoms with Crippen LogP contribution in [0.15, 0.2) is 17.8 Å². The molecule has 2 N–H and O–H groups in total. The summed E-state index contributed by atoms with van der Waals surface area (Å²) in [6.45, 7) is 9.37. The summed E-state index contributed by atoms with van der Waals surface area (Å²) in [6, 6.07) is 0. The lowest BCUT2D eigenvalue weighted by Crippen LogP contribution is -2.46. The SMILES string of the molecule is CC(C)=CCCC(C)CCN1CCC(Cc2cn[nH]n2)(C(=O)O)CC1. The Labute approximate surface area is 150 Å². The second kappa shape index (κ2) is 9.13. The van der Waals surface area contributed by atoms with Gasteiger partial charge in [0.2, 0.25) is 0 Å². The molecular formula is C19H32N4O2. The molecule has 1 aliphatic rings. The third-order valence-corrected chi connectivity index (χ3v) is 5.40. The molecular weight excluding hydrogens is 316 g/mol. The predicted molar refractivity (Wildman–Crippen MR) is 98.3 cm³/mol. The topological polar surface area (TPSA) is 82.1 Å². The van der Waals surface area contributed by atoms with Crippen molar-refractivity contribution in [2.45, 2.75) is 59.3 Å². The van der Waals surface area contributed by atoms with E-state index in [1.807, 2.05) is 0 Å². The number of aromatic amines is 1. The lowest BCUT2D eigenvalue weighted by molar-refractivity contribution is -0.152. The smallest absolute Gasteiger partial charge is 0.310 e. The van der Waals surface area contributed by atoms with Crippen molar-refractivity contribution in [3.8, 4) is 0 Å². The first-order valence-corrected chi connectivity index (χ1v) is 9.35. The molecule has 0 saturated carbocycles. The van der Waals surface area contributed by atoms with Crippen molar-refractivity contribution in [1.82, 2.24) is 20.3 Å². The minimum Gasteiger partial charge on any atom is -0.481 e. The van der Waals surface area contributed by atoms with E-state index in [0.717, 1.165) is 31.7 Å². The largest absolute Gasteiger partial charge is 0.481 e. The number of carboxylic acids is 1. The van der Waals surface area contributed by atoms with Crippen LogP contribution in [-0.2, 0) is 11.2 Å². The maximum Gasteiger partial charge on any atom is 0.310 e. The van der Waals surface area contributed by atoms with Crippen molar-refractivity contribution < 1.29 is 9.90 Å². The molecule has 1 aliphatic heterocycles. The predicted octanol–water partition coefficient (Wildman–Crippen LogP) is 3.29. The number of allylic oxidation sites excluding steroid dienone is 2. The average Bonchev–Trinajstić information content (AvgIpc) is 3.06. The number of nitrogens with zero attached hydrogens (tertiary/aromatic N) is 3. The zero-order valence-corrected chi connectivity index (χ0v) is 15.8. The van der Waals surface area contributed by atoms with Crippen LogP contribution in [0.2, 0.25) is 0 Å². The Bertz CT molecular complexity index is 556. The first-order chi connectivity index (χ1) is 11.9. The Morgan fingerprint density at radius 2 is 2.12 bits per heavy atom. The highest BCUT2D eigenvalue weighted by Gasteiger charge is 2.42. The second-order valence-electron chi connectivity index (χ2n) is 7.82. The van der Waals surface area contributed by atoms with E-state index in [2.05, 4.69) is 47.2 Å². The van der Waals surface area contributed by atoms with Gasteiger partial charge in [-0.1, -0.05) is 18.6 Å². The molecule has 2 rings (SSSR count). The number of carbonyl (C=O) groups is 1. The van der Waals surface area contributed by atoms with Crippen molar-refractivity contribution >= 4 is 5.97 Å². The third kappa shape index (κ3) is 5.96. The minimum absolute atomic E-state index is 0.464. The van der Waals surface area contributed by atoms with Crippen LogP contribution in [0.25, 0.3) is 0 Å². The van der Waals surface area contributed by atoms with Crippen LogP contribution in [-0.4, -0.2) is 51.0 Å². The van der Waals surface area contributed by atoms with Gasteiger partial charge in [0.1, 0.15) is 0 Å². The number of rotatable bonds is 9. The summed E-state index contributed by atoms with van der Waals surface area (Å²) in [5, 5.41) is 20.2. The highest BCUT2D eigenvalue weighted by atomic mass is 16.4. The van der Waals surface area contributed by atoms with E-state index in [-0.39, 0.29) is 0 Å². The molecule has 0 aliphatic carbocycles. The monoisotopic (exact) mass is 348 g/mol. The zero-order chi connectivity index (χ0) is 18.3. The molecule has 1 atom stereocenters. The number of aromatic nitrogens is 3. The number of hydrogen-bond acceptors (Lipinski definition) is 4. The minimum atomic E-state index is -0.703. The summed E-state index contributed by atoms with van der Waals surface area (Å²) in [7, 11) is 0. The van der Waals surface area contributed by atoms with E-state index in [1.54, 1.807) is 6.20 Å². The van der Waals surface area contributed by atoms with Gasteiger partial charge in [0, 0.05) is 6.42 Å². The first-order valence-electron chi connectivity index (χ1n) is 9.35. The van der Waals surface area contributed by atoms with Crippen LogP contribution >= 0.6 is 0 Å². The molecule has 1 unspecified atom stereocenters. The summed E-state index contributed by atoms with van der Waals surface area (Å²) in [4.78, 5) is 14.3. The summed E-state index contributed by atoms with van der Waals surface area (Å²) in [6.07, 6.45) is 9.33. The summed E-state index contributed by atoms with van der Waals surface area (Å²) >= 11 is 0. The molecule has 1 fully saturated rings. The third-order valence-electron chi connectivity index (χ3n) is 5.40. The van der Waals surface area contributed by atoms with Crippen LogP contribution in [0, 0.1) is 11.3 Å². The number of hydrogen-bond donors (Lipinski definition) is 2. The first kappa shape index (κ1) is 19.6. The van der Waals surface area contributed by atoms with Crippen LogP contribution in [0.3, 0.4) is 0 Å². The lowest BCUT2D eigenvalue weighted by Gasteiger charge is -2.38. The van der Waals surface area contributed by atoms with Gasteiger partial charge in [-0.25, -0.2) is 0 Å². The summed E-state index contributed by atoms with van der Waals surface area (Å²) in [5.41, 5.74) is 1.44. The van der Waals surface area contributed by atoms with Gasteiger partial charge in [-0.2, -0.15) is 15.4 Å². The summed E-state index contributed by atoms with van der Waals surface area (Å²) < 4.78 is 0. The molecule has 0 bridgehead atoms. The fourth-order valence-electron chi connectivity index (χ4n) is 3.53. The average molecular weight is 348 g/mol. The Morgan fingerprint density at radius 3 is 2.68 bits per heavy atom. The maximum atomic E-state index is 11.9. The molecule has 140 valence electrons. The van der Waals surface area contributed by atoms with Gasteiger partial charge in [0.25, 0.3) is 0 Å². The Hall–Kier alpha value is -1.69. The Balaban J connectivity index is 1.77. The van der Waals surface area contributed by atoms with Crippen molar-refractivity contribution in [2.75, 3.05) is 19.6 Å². The van der Waals surface area contributed by atoms with Crippen LogP contribution < -0.4 is 0 Å². The van der Waals surface area contributed by atoms with E-state index in [4.69, 9.17) is 0 Å². The number of H-pyrrole nitrogens is 1. The number of carboxylic acid groups (broad SMARTS) is 1. The van der Waals surface area contributed by atoms with Gasteiger partial charge in [0.05, 0.1) is 17.3 Å². The van der Waals surface area contributed by atoms with Crippen LogP contribution in [0.4, 0.5) is 0 Å². The van der Waals surface area contributed by atoms with Crippen molar-refractivity contribution in [3.05, 3.63) is 23.5 Å². The highest BCUT2D eigenvalue weighted by molar-refractivity contribution is 5.75. The quantitative estimate of drug-likeness (QED) is 0.669. The van der Waals surface area contributed by atoms with E-state index >= 15 is 0 Å². The maximum absolute atomic E-state index is 11.9. The molecule has 6 heteroatoms. The number of piperidine rings is 1. The van der Waals surface area contributed by atoms with Gasteiger partial charge < -0.3 is 10.0 Å². The molecule has 0 spiro atoms. The van der Waals surface area contributed by atoms with Gasteiger partial charge in [-0.05, 0) is 71.5 Å². The number of nitrogens with one attached hydrogen (secondary N) is 1. The van der Waals surface area contributed by atoms with Crippen molar-refractivity contribution in [3.63, 3.8) is 0 Å². The van der Waals surface area contributed by atoms with E-state index in [0.29, 0.717) is 25.2 Å². The van der Waals surface area contributed by atoms with Crippen molar-refractivity contribution in [1.29, 1.82) is 0 Å². The van der Waals surface area contributed by atoms with Gasteiger partial charge in [-0.3, -0.25) is 4.79 Å². The molecule has 1 aromatic heterocycles. The lowest BCUT2D eigenvalue weighted by atomic mass is 9.75. The molecule has 0 aromatic carbocycles. The standard InChI is InChI=1S/C19H32N4O2/c1-15(2)5-4-6-16(3)7-10-23-11-8-19(9-12-23,18(24)25)13-17-14-20-22-21-17/h5,14,16H,4,6-13H2,1-3H3,(H,24,25)(H,20,21,22). The van der Waals surface area contributed by atoms with Gasteiger partial charge in [0.15, 0.2) is 0 Å². The fraction of sp³-hybridized carbons (Fsp3) is 0.737. The number of aliphatic carboxylic acids is 1. The van der Waals surface area contributed by atoms with E-state index in [1.165, 1.54) is 18.4 Å². The zero-order valence-electron chi connectivity index (χ0n) is 15.8. The van der Waals surface area contributed by atoms with Gasteiger partial charge in [-0.15, -0.1) is 0 Å².